The van der Waals surface area contributed by atoms with Crippen LogP contribution in [0, 0.1) is 6.92 Å². The number of carboxylic acids is 1. The van der Waals surface area contributed by atoms with Crippen LogP contribution < -0.4 is 5.73 Å². The summed E-state index contributed by atoms with van der Waals surface area (Å²) in [5.74, 6) is -0.871. The maximum atomic E-state index is 11.3. The van der Waals surface area contributed by atoms with Gasteiger partial charge in [-0.05, 0) is 63.4 Å². The molecule has 4 heteroatoms. The van der Waals surface area contributed by atoms with Crippen molar-refractivity contribution >= 4 is 16.9 Å². The molecule has 0 radical (unpaired) electrons. The molecule has 3 N–H and O–H groups in total. The van der Waals surface area contributed by atoms with Gasteiger partial charge >= 0.3 is 5.97 Å². The van der Waals surface area contributed by atoms with E-state index in [1.165, 1.54) is 5.56 Å². The monoisotopic (exact) mass is 274 g/mol. The quantitative estimate of drug-likeness (QED) is 0.880. The van der Waals surface area contributed by atoms with E-state index < -0.39 is 5.97 Å². The van der Waals surface area contributed by atoms with Crippen LogP contribution in [0.5, 0.6) is 0 Å². The number of hydrogen-bond donors (Lipinski definition) is 2. The lowest BCUT2D eigenvalue weighted by atomic mass is 10.0. The number of benzene rings is 1. The number of fused-ring (bicyclic) bond motifs is 1. The molecular formula is C16H22N2O2. The first kappa shape index (κ1) is 14.6. The van der Waals surface area contributed by atoms with E-state index in [2.05, 4.69) is 24.6 Å². The van der Waals surface area contributed by atoms with Crippen molar-refractivity contribution in [2.75, 3.05) is 6.54 Å². The second-order valence-electron chi connectivity index (χ2n) is 5.54. The number of rotatable bonds is 5. The molecule has 0 saturated heterocycles. The molecule has 0 spiro atoms. The molecule has 0 unspecified atom stereocenters. The molecule has 4 nitrogen and oxygen atoms in total. The van der Waals surface area contributed by atoms with E-state index in [-0.39, 0.29) is 0 Å². The van der Waals surface area contributed by atoms with Gasteiger partial charge in [0.1, 0.15) is 0 Å². The Morgan fingerprint density at radius 2 is 2.10 bits per heavy atom. The average Bonchev–Trinajstić information content (AvgIpc) is 2.73. The van der Waals surface area contributed by atoms with Crippen molar-refractivity contribution in [3.8, 4) is 0 Å². The van der Waals surface area contributed by atoms with Crippen LogP contribution in [0.2, 0.25) is 0 Å². The SMILES string of the molecule is Cc1cc2c(CCCN)cn(C(C)C)c2cc1C(=O)O. The van der Waals surface area contributed by atoms with Crippen LogP contribution in [0.1, 0.15) is 47.8 Å². The number of aryl methyl sites for hydroxylation is 2. The van der Waals surface area contributed by atoms with E-state index >= 15 is 0 Å². The Kier molecular flexibility index (Phi) is 4.14. The molecule has 0 bridgehead atoms. The van der Waals surface area contributed by atoms with Crippen molar-refractivity contribution < 1.29 is 9.90 Å². The Balaban J connectivity index is 2.66. The summed E-state index contributed by atoms with van der Waals surface area (Å²) in [6, 6.07) is 4.08. The van der Waals surface area contributed by atoms with Crippen molar-refractivity contribution in [3.63, 3.8) is 0 Å². The highest BCUT2D eigenvalue weighted by molar-refractivity contribution is 5.96. The van der Waals surface area contributed by atoms with Crippen LogP contribution in [0.4, 0.5) is 0 Å². The lowest BCUT2D eigenvalue weighted by Gasteiger charge is -2.10. The van der Waals surface area contributed by atoms with E-state index in [1.807, 2.05) is 13.0 Å². The zero-order valence-electron chi connectivity index (χ0n) is 12.3. The number of nitrogens with zero attached hydrogens (tertiary/aromatic N) is 1. The Labute approximate surface area is 119 Å². The standard InChI is InChI=1S/C16H22N2O2/c1-10(2)18-9-12(5-4-6-17)14-7-11(3)13(16(19)20)8-15(14)18/h7-10H,4-6,17H2,1-3H3,(H,19,20). The molecule has 0 aliphatic heterocycles. The third kappa shape index (κ3) is 2.56. The lowest BCUT2D eigenvalue weighted by Crippen LogP contribution is -2.02. The zero-order chi connectivity index (χ0) is 14.9. The smallest absolute Gasteiger partial charge is 0.336 e. The number of hydrogen-bond acceptors (Lipinski definition) is 2. The third-order valence-corrected chi connectivity index (χ3v) is 3.70. The van der Waals surface area contributed by atoms with E-state index in [0.29, 0.717) is 18.2 Å². The van der Waals surface area contributed by atoms with Crippen molar-refractivity contribution in [1.82, 2.24) is 4.57 Å². The van der Waals surface area contributed by atoms with Crippen molar-refractivity contribution in [3.05, 3.63) is 35.0 Å². The predicted molar refractivity (Wildman–Crippen MR) is 81.4 cm³/mol. The second kappa shape index (κ2) is 5.67. The van der Waals surface area contributed by atoms with Gasteiger partial charge < -0.3 is 15.4 Å². The van der Waals surface area contributed by atoms with Crippen molar-refractivity contribution in [2.45, 2.75) is 39.7 Å². The van der Waals surface area contributed by atoms with Gasteiger partial charge in [0.2, 0.25) is 0 Å². The summed E-state index contributed by atoms with van der Waals surface area (Å²) >= 11 is 0. The fourth-order valence-corrected chi connectivity index (χ4v) is 2.62. The summed E-state index contributed by atoms with van der Waals surface area (Å²) in [5, 5.41) is 10.4. The van der Waals surface area contributed by atoms with E-state index in [9.17, 15) is 9.90 Å². The summed E-state index contributed by atoms with van der Waals surface area (Å²) in [6.45, 7) is 6.72. The van der Waals surface area contributed by atoms with Gasteiger partial charge in [0, 0.05) is 23.1 Å². The molecule has 0 aliphatic carbocycles. The van der Waals surface area contributed by atoms with Crippen LogP contribution in [-0.2, 0) is 6.42 Å². The van der Waals surface area contributed by atoms with Gasteiger partial charge in [-0.2, -0.15) is 0 Å². The molecule has 2 aromatic rings. The molecule has 0 atom stereocenters. The normalized spacial score (nSPS) is 11.4. The summed E-state index contributed by atoms with van der Waals surface area (Å²) in [4.78, 5) is 11.3. The second-order valence-corrected chi connectivity index (χ2v) is 5.54. The molecule has 1 aromatic carbocycles. The molecule has 2 rings (SSSR count). The lowest BCUT2D eigenvalue weighted by molar-refractivity contribution is 0.0696. The molecule has 20 heavy (non-hydrogen) atoms. The predicted octanol–water partition coefficient (Wildman–Crippen LogP) is 3.12. The van der Waals surface area contributed by atoms with E-state index in [0.717, 1.165) is 29.3 Å². The number of aromatic nitrogens is 1. The number of nitrogens with two attached hydrogens (primary N) is 1. The molecule has 1 aromatic heterocycles. The average molecular weight is 274 g/mol. The molecule has 0 amide bonds. The zero-order valence-corrected chi connectivity index (χ0v) is 12.3. The third-order valence-electron chi connectivity index (χ3n) is 3.70. The topological polar surface area (TPSA) is 68.2 Å². The van der Waals surface area contributed by atoms with Crippen LogP contribution in [0.25, 0.3) is 10.9 Å². The van der Waals surface area contributed by atoms with Crippen LogP contribution >= 0.6 is 0 Å². The Hall–Kier alpha value is -1.81. The number of aromatic carboxylic acids is 1. The largest absolute Gasteiger partial charge is 0.478 e. The van der Waals surface area contributed by atoms with Crippen molar-refractivity contribution in [1.29, 1.82) is 0 Å². The number of carboxylic acid groups (broad SMARTS) is 1. The van der Waals surface area contributed by atoms with Gasteiger partial charge in [0.05, 0.1) is 5.56 Å². The minimum Gasteiger partial charge on any atom is -0.478 e. The molecule has 1 heterocycles. The maximum Gasteiger partial charge on any atom is 0.336 e. The number of carbonyl (C=O) groups is 1. The fraction of sp³-hybridized carbons (Fsp3) is 0.438. The van der Waals surface area contributed by atoms with Gasteiger partial charge in [0.15, 0.2) is 0 Å². The minimum atomic E-state index is -0.871. The molecule has 0 fully saturated rings. The fourth-order valence-electron chi connectivity index (χ4n) is 2.62. The summed E-state index contributed by atoms with van der Waals surface area (Å²) < 4.78 is 2.15. The van der Waals surface area contributed by atoms with Gasteiger partial charge in [-0.25, -0.2) is 4.79 Å². The highest BCUT2D eigenvalue weighted by Crippen LogP contribution is 2.28. The Bertz CT molecular complexity index is 641. The molecule has 0 aliphatic rings. The van der Waals surface area contributed by atoms with Gasteiger partial charge in [-0.1, -0.05) is 0 Å². The van der Waals surface area contributed by atoms with Crippen LogP contribution in [-0.4, -0.2) is 22.2 Å². The first-order valence-corrected chi connectivity index (χ1v) is 7.03. The Morgan fingerprint density at radius 3 is 2.65 bits per heavy atom. The first-order chi connectivity index (χ1) is 9.45. The molecule has 0 saturated carbocycles. The first-order valence-electron chi connectivity index (χ1n) is 7.03. The summed E-state index contributed by atoms with van der Waals surface area (Å²) in [6.07, 6.45) is 4.01. The Morgan fingerprint density at radius 1 is 1.40 bits per heavy atom. The molecule has 108 valence electrons. The highest BCUT2D eigenvalue weighted by Gasteiger charge is 2.15. The van der Waals surface area contributed by atoms with Gasteiger partial charge in [-0.3, -0.25) is 0 Å². The van der Waals surface area contributed by atoms with Crippen molar-refractivity contribution in [2.24, 2.45) is 5.73 Å². The van der Waals surface area contributed by atoms with Gasteiger partial charge in [0.25, 0.3) is 0 Å². The van der Waals surface area contributed by atoms with Crippen LogP contribution in [0.3, 0.4) is 0 Å². The summed E-state index contributed by atoms with van der Waals surface area (Å²) in [7, 11) is 0. The van der Waals surface area contributed by atoms with Gasteiger partial charge in [-0.15, -0.1) is 0 Å². The van der Waals surface area contributed by atoms with Crippen LogP contribution in [0.15, 0.2) is 18.3 Å². The maximum absolute atomic E-state index is 11.3. The van der Waals surface area contributed by atoms with E-state index in [4.69, 9.17) is 5.73 Å². The molecular weight excluding hydrogens is 252 g/mol. The van der Waals surface area contributed by atoms with E-state index in [1.54, 1.807) is 6.07 Å². The summed E-state index contributed by atoms with van der Waals surface area (Å²) in [5.41, 5.74) is 9.02. The highest BCUT2D eigenvalue weighted by atomic mass is 16.4. The minimum absolute atomic E-state index is 0.300.